The molecular weight excluding hydrogens is 522 g/mol. The zero-order chi connectivity index (χ0) is 27.4. The van der Waals surface area contributed by atoms with Crippen LogP contribution in [0.5, 0.6) is 0 Å². The number of ketones is 1. The van der Waals surface area contributed by atoms with Gasteiger partial charge in [0.15, 0.2) is 5.78 Å². The van der Waals surface area contributed by atoms with E-state index in [9.17, 15) is 14.4 Å². The number of Topliss-reactive ketones (excluding diaryl/α,β-unsaturated/α-hetero) is 1. The van der Waals surface area contributed by atoms with E-state index in [1.807, 2.05) is 47.4 Å². The molecule has 3 aromatic heterocycles. The monoisotopic (exact) mass is 551 g/mol. The number of pyridine rings is 1. The SMILES string of the molecule is CC(=O)N1CC(CC(=O)c2cc3c(s2)-c2ccccc2N(C(=O)c2cccc(-c4cn[nH]c4C4CC4)n2)CC3)C1. The normalized spacial score (nSPS) is 16.6. The summed E-state index contributed by atoms with van der Waals surface area (Å²) in [6.07, 6.45) is 5.20. The minimum atomic E-state index is -0.141. The molecule has 0 spiro atoms. The highest BCUT2D eigenvalue weighted by atomic mass is 32.1. The molecule has 9 heteroatoms. The number of benzene rings is 1. The van der Waals surface area contributed by atoms with Gasteiger partial charge in [-0.05, 0) is 49.1 Å². The van der Waals surface area contributed by atoms with Crippen LogP contribution in [0.25, 0.3) is 21.7 Å². The lowest BCUT2D eigenvalue weighted by Crippen LogP contribution is -2.49. The van der Waals surface area contributed by atoms with Gasteiger partial charge in [-0.1, -0.05) is 24.3 Å². The number of amides is 2. The summed E-state index contributed by atoms with van der Waals surface area (Å²) >= 11 is 1.51. The van der Waals surface area contributed by atoms with Gasteiger partial charge in [0.25, 0.3) is 5.91 Å². The maximum Gasteiger partial charge on any atom is 0.276 e. The Hall–Kier alpha value is -4.11. The maximum atomic E-state index is 13.9. The number of H-pyrrole nitrogens is 1. The predicted molar refractivity (Wildman–Crippen MR) is 154 cm³/mol. The van der Waals surface area contributed by atoms with Crippen molar-refractivity contribution in [3.05, 3.63) is 76.6 Å². The fourth-order valence-electron chi connectivity index (χ4n) is 5.79. The van der Waals surface area contributed by atoms with E-state index in [2.05, 4.69) is 10.2 Å². The van der Waals surface area contributed by atoms with Crippen molar-refractivity contribution in [2.45, 2.75) is 38.5 Å². The summed E-state index contributed by atoms with van der Waals surface area (Å²) in [5.41, 5.74) is 6.09. The van der Waals surface area contributed by atoms with Gasteiger partial charge in [-0.2, -0.15) is 5.10 Å². The molecule has 0 radical (unpaired) electrons. The summed E-state index contributed by atoms with van der Waals surface area (Å²) in [4.78, 5) is 48.7. The van der Waals surface area contributed by atoms with Crippen LogP contribution in [0.1, 0.15) is 63.5 Å². The topological polar surface area (TPSA) is 99.3 Å². The molecule has 2 aliphatic heterocycles. The molecule has 1 saturated carbocycles. The van der Waals surface area contributed by atoms with Crippen LogP contribution in [0.15, 0.2) is 54.7 Å². The van der Waals surface area contributed by atoms with Gasteiger partial charge in [-0.15, -0.1) is 11.3 Å². The second-order valence-electron chi connectivity index (χ2n) is 11.0. The smallest absolute Gasteiger partial charge is 0.276 e. The Bertz CT molecular complexity index is 1650. The molecule has 2 fully saturated rings. The molecule has 202 valence electrons. The molecule has 1 aromatic carbocycles. The van der Waals surface area contributed by atoms with E-state index in [1.54, 1.807) is 24.1 Å². The van der Waals surface area contributed by atoms with E-state index in [-0.39, 0.29) is 23.5 Å². The molecule has 2 amide bonds. The molecule has 1 saturated heterocycles. The molecule has 40 heavy (non-hydrogen) atoms. The molecule has 0 unspecified atom stereocenters. The van der Waals surface area contributed by atoms with Crippen LogP contribution in [-0.4, -0.2) is 57.3 Å². The highest BCUT2D eigenvalue weighted by Gasteiger charge is 2.33. The second kappa shape index (κ2) is 9.82. The van der Waals surface area contributed by atoms with Crippen LogP contribution in [0.4, 0.5) is 5.69 Å². The number of fused-ring (bicyclic) bond motifs is 3. The van der Waals surface area contributed by atoms with Crippen molar-refractivity contribution in [2.24, 2.45) is 5.92 Å². The number of carbonyl (C=O) groups is 3. The van der Waals surface area contributed by atoms with Gasteiger partial charge in [-0.25, -0.2) is 4.98 Å². The Kier molecular flexibility index (Phi) is 6.11. The fraction of sp³-hybridized carbons (Fsp3) is 0.323. The van der Waals surface area contributed by atoms with Gasteiger partial charge >= 0.3 is 0 Å². The molecule has 4 aromatic rings. The zero-order valence-corrected chi connectivity index (χ0v) is 23.0. The summed E-state index contributed by atoms with van der Waals surface area (Å²) < 4.78 is 0. The van der Waals surface area contributed by atoms with Gasteiger partial charge in [-0.3, -0.25) is 19.5 Å². The Morgan fingerprint density at radius 3 is 2.67 bits per heavy atom. The first-order valence-electron chi connectivity index (χ1n) is 13.8. The van der Waals surface area contributed by atoms with Crippen molar-refractivity contribution >= 4 is 34.6 Å². The number of nitrogens with one attached hydrogen (secondary N) is 1. The maximum absolute atomic E-state index is 13.9. The third-order valence-electron chi connectivity index (χ3n) is 8.15. The van der Waals surface area contributed by atoms with E-state index in [1.165, 1.54) is 11.3 Å². The van der Waals surface area contributed by atoms with Gasteiger partial charge < -0.3 is 9.80 Å². The van der Waals surface area contributed by atoms with Crippen molar-refractivity contribution in [2.75, 3.05) is 24.5 Å². The lowest BCUT2D eigenvalue weighted by atomic mass is 9.93. The lowest BCUT2D eigenvalue weighted by molar-refractivity contribution is -0.134. The summed E-state index contributed by atoms with van der Waals surface area (Å²) in [6.45, 7) is 3.37. The van der Waals surface area contributed by atoms with Gasteiger partial charge in [0.05, 0.1) is 22.5 Å². The third-order valence-corrected chi connectivity index (χ3v) is 9.40. The van der Waals surface area contributed by atoms with Crippen molar-refractivity contribution < 1.29 is 14.4 Å². The van der Waals surface area contributed by atoms with E-state index in [0.717, 1.165) is 56.4 Å². The summed E-state index contributed by atoms with van der Waals surface area (Å²) in [5, 5.41) is 7.36. The largest absolute Gasteiger partial charge is 0.342 e. The number of anilines is 1. The molecule has 5 heterocycles. The van der Waals surface area contributed by atoms with Crippen LogP contribution >= 0.6 is 11.3 Å². The Morgan fingerprint density at radius 2 is 1.88 bits per heavy atom. The van der Waals surface area contributed by atoms with E-state index >= 15 is 0 Å². The lowest BCUT2D eigenvalue weighted by Gasteiger charge is -2.38. The van der Waals surface area contributed by atoms with Crippen LogP contribution < -0.4 is 4.90 Å². The van der Waals surface area contributed by atoms with Crippen molar-refractivity contribution in [1.82, 2.24) is 20.1 Å². The fourth-order valence-corrected chi connectivity index (χ4v) is 6.98. The highest BCUT2D eigenvalue weighted by molar-refractivity contribution is 7.17. The van der Waals surface area contributed by atoms with Crippen molar-refractivity contribution in [3.8, 4) is 21.7 Å². The highest BCUT2D eigenvalue weighted by Crippen LogP contribution is 2.44. The Morgan fingerprint density at radius 1 is 1.05 bits per heavy atom. The molecular formula is C31H29N5O3S. The number of rotatable bonds is 6. The quantitative estimate of drug-likeness (QED) is 0.327. The number of nitrogens with zero attached hydrogens (tertiary/aromatic N) is 4. The third kappa shape index (κ3) is 4.44. The average Bonchev–Trinajstić information content (AvgIpc) is 3.55. The molecule has 3 aliphatic rings. The molecule has 8 nitrogen and oxygen atoms in total. The second-order valence-corrected chi connectivity index (χ2v) is 12.0. The van der Waals surface area contributed by atoms with Crippen LogP contribution in [0.3, 0.4) is 0 Å². The average molecular weight is 552 g/mol. The van der Waals surface area contributed by atoms with E-state index in [0.29, 0.717) is 44.1 Å². The molecule has 7 rings (SSSR count). The minimum Gasteiger partial charge on any atom is -0.342 e. The van der Waals surface area contributed by atoms with Gasteiger partial charge in [0.2, 0.25) is 5.91 Å². The van der Waals surface area contributed by atoms with Crippen molar-refractivity contribution in [3.63, 3.8) is 0 Å². The Balaban J connectivity index is 1.15. The van der Waals surface area contributed by atoms with Crippen molar-refractivity contribution in [1.29, 1.82) is 0 Å². The first-order valence-corrected chi connectivity index (χ1v) is 14.6. The van der Waals surface area contributed by atoms with Gasteiger partial charge in [0, 0.05) is 66.5 Å². The molecule has 0 bridgehead atoms. The van der Waals surface area contributed by atoms with Crippen LogP contribution in [0, 0.1) is 5.92 Å². The van der Waals surface area contributed by atoms with E-state index < -0.39 is 0 Å². The molecule has 0 atom stereocenters. The molecule has 1 N–H and O–H groups in total. The number of aromatic amines is 1. The zero-order valence-electron chi connectivity index (χ0n) is 22.2. The van der Waals surface area contributed by atoms with Crippen LogP contribution in [0.2, 0.25) is 0 Å². The number of hydrogen-bond donors (Lipinski definition) is 1. The molecule has 1 aliphatic carbocycles. The van der Waals surface area contributed by atoms with Crippen LogP contribution in [-0.2, 0) is 11.2 Å². The summed E-state index contributed by atoms with van der Waals surface area (Å²) in [6, 6.07) is 15.5. The minimum absolute atomic E-state index is 0.0636. The number of carbonyl (C=O) groups excluding carboxylic acids is 3. The number of hydrogen-bond acceptors (Lipinski definition) is 6. The first kappa shape index (κ1) is 24.9. The summed E-state index contributed by atoms with van der Waals surface area (Å²) in [7, 11) is 0. The van der Waals surface area contributed by atoms with E-state index in [4.69, 9.17) is 4.98 Å². The number of aromatic nitrogens is 3. The summed E-state index contributed by atoms with van der Waals surface area (Å²) in [5.74, 6) is 0.772. The standard InChI is InChI=1S/C31H29N5O3S/c1-18(37)35-16-19(17-35)13-27(38)28-14-21-11-12-36(26-8-3-2-5-22(26)30(21)40-28)31(39)25-7-4-6-24(33-25)23-15-32-34-29(23)20-9-10-20/h2-8,14-15,19-20H,9-13,16-17H2,1H3,(H,32,34). The number of thiophene rings is 1. The van der Waals surface area contributed by atoms with Gasteiger partial charge in [0.1, 0.15) is 5.69 Å². The number of likely N-dealkylation sites (tertiary alicyclic amines) is 1. The Labute approximate surface area is 236 Å². The number of para-hydroxylation sites is 1. The predicted octanol–water partition coefficient (Wildman–Crippen LogP) is 5.33. The first-order chi connectivity index (χ1) is 19.5.